The van der Waals surface area contributed by atoms with E-state index in [4.69, 9.17) is 4.74 Å². The standard InChI is InChI=1S/C16H20N4O2S/c1-2-22-14-6-4-3-5-13(14)18-15(21)19-8-10-20(11-9-19)16-17-7-12-23-16/h3-7,12H,2,8-11H2,1H3,(H,18,21). The van der Waals surface area contributed by atoms with Crippen molar-refractivity contribution in [3.63, 3.8) is 0 Å². The molecule has 0 unspecified atom stereocenters. The monoisotopic (exact) mass is 332 g/mol. The molecule has 0 aliphatic carbocycles. The predicted molar refractivity (Wildman–Crippen MR) is 92.5 cm³/mol. The quantitative estimate of drug-likeness (QED) is 0.935. The van der Waals surface area contributed by atoms with Crippen LogP contribution in [-0.2, 0) is 0 Å². The van der Waals surface area contributed by atoms with E-state index >= 15 is 0 Å². The van der Waals surface area contributed by atoms with Crippen LogP contribution in [0.3, 0.4) is 0 Å². The number of hydrogen-bond donors (Lipinski definition) is 1. The van der Waals surface area contributed by atoms with Gasteiger partial charge >= 0.3 is 6.03 Å². The molecule has 1 N–H and O–H groups in total. The summed E-state index contributed by atoms with van der Waals surface area (Å²) in [5, 5.41) is 5.94. The molecule has 1 saturated heterocycles. The molecule has 6 nitrogen and oxygen atoms in total. The molecule has 7 heteroatoms. The molecule has 1 aromatic heterocycles. The van der Waals surface area contributed by atoms with Crippen LogP contribution >= 0.6 is 11.3 Å². The Hall–Kier alpha value is -2.28. The van der Waals surface area contributed by atoms with Gasteiger partial charge in [-0.25, -0.2) is 9.78 Å². The molecule has 2 heterocycles. The maximum atomic E-state index is 12.4. The lowest BCUT2D eigenvalue weighted by Gasteiger charge is -2.34. The van der Waals surface area contributed by atoms with Gasteiger partial charge in [-0.15, -0.1) is 11.3 Å². The lowest BCUT2D eigenvalue weighted by molar-refractivity contribution is 0.208. The van der Waals surface area contributed by atoms with Gasteiger partial charge in [0.2, 0.25) is 0 Å². The number of aromatic nitrogens is 1. The van der Waals surface area contributed by atoms with Gasteiger partial charge in [-0.1, -0.05) is 12.1 Å². The number of hydrogen-bond acceptors (Lipinski definition) is 5. The highest BCUT2D eigenvalue weighted by molar-refractivity contribution is 7.13. The zero-order valence-electron chi connectivity index (χ0n) is 13.1. The third-order valence-corrected chi connectivity index (χ3v) is 4.52. The minimum absolute atomic E-state index is 0.0871. The molecular weight excluding hydrogens is 312 g/mol. The summed E-state index contributed by atoms with van der Waals surface area (Å²) in [6.45, 7) is 5.46. The minimum atomic E-state index is -0.0871. The summed E-state index contributed by atoms with van der Waals surface area (Å²) in [5.74, 6) is 0.699. The SMILES string of the molecule is CCOc1ccccc1NC(=O)N1CCN(c2nccs2)CC1. The number of thiazole rings is 1. The molecule has 23 heavy (non-hydrogen) atoms. The fourth-order valence-electron chi connectivity index (χ4n) is 2.52. The Kier molecular flexibility index (Phi) is 4.97. The van der Waals surface area contributed by atoms with Crippen molar-refractivity contribution in [1.82, 2.24) is 9.88 Å². The number of para-hydroxylation sites is 2. The smallest absolute Gasteiger partial charge is 0.322 e. The first kappa shape index (κ1) is 15.6. The zero-order chi connectivity index (χ0) is 16.1. The van der Waals surface area contributed by atoms with Gasteiger partial charge in [0, 0.05) is 37.8 Å². The van der Waals surface area contributed by atoms with E-state index < -0.39 is 0 Å². The largest absolute Gasteiger partial charge is 0.492 e. The first-order valence-corrected chi connectivity index (χ1v) is 8.58. The van der Waals surface area contributed by atoms with Crippen LogP contribution in [0.4, 0.5) is 15.6 Å². The van der Waals surface area contributed by atoms with Crippen molar-refractivity contribution in [3.8, 4) is 5.75 Å². The molecule has 0 radical (unpaired) electrons. The Balaban J connectivity index is 1.58. The van der Waals surface area contributed by atoms with Crippen LogP contribution < -0.4 is 15.0 Å². The molecule has 1 fully saturated rings. The van der Waals surface area contributed by atoms with Gasteiger partial charge in [0.1, 0.15) is 5.75 Å². The molecule has 0 atom stereocenters. The normalized spacial score (nSPS) is 14.7. The second kappa shape index (κ2) is 7.32. The van der Waals surface area contributed by atoms with Gasteiger partial charge in [0.05, 0.1) is 12.3 Å². The fraction of sp³-hybridized carbons (Fsp3) is 0.375. The van der Waals surface area contributed by atoms with Crippen molar-refractivity contribution in [2.75, 3.05) is 43.0 Å². The number of carbonyl (C=O) groups is 1. The molecule has 1 aliphatic rings. The highest BCUT2D eigenvalue weighted by Crippen LogP contribution is 2.24. The van der Waals surface area contributed by atoms with Crippen LogP contribution in [0.5, 0.6) is 5.75 Å². The minimum Gasteiger partial charge on any atom is -0.492 e. The Morgan fingerprint density at radius 2 is 2.09 bits per heavy atom. The molecule has 1 aromatic carbocycles. The summed E-state index contributed by atoms with van der Waals surface area (Å²) in [5.41, 5.74) is 0.710. The number of carbonyl (C=O) groups excluding carboxylic acids is 1. The number of ether oxygens (including phenoxy) is 1. The number of benzene rings is 1. The summed E-state index contributed by atoms with van der Waals surface area (Å²) in [6, 6.07) is 7.41. The second-order valence-electron chi connectivity index (χ2n) is 5.15. The molecule has 122 valence electrons. The van der Waals surface area contributed by atoms with Crippen LogP contribution in [0.2, 0.25) is 0 Å². The van der Waals surface area contributed by atoms with E-state index in [0.717, 1.165) is 18.2 Å². The molecule has 0 saturated carbocycles. The van der Waals surface area contributed by atoms with E-state index in [1.165, 1.54) is 0 Å². The van der Waals surface area contributed by atoms with Gasteiger partial charge < -0.3 is 19.9 Å². The summed E-state index contributed by atoms with van der Waals surface area (Å²) >= 11 is 1.63. The molecule has 1 aliphatic heterocycles. The van der Waals surface area contributed by atoms with Crippen molar-refractivity contribution in [3.05, 3.63) is 35.8 Å². The van der Waals surface area contributed by atoms with E-state index in [2.05, 4.69) is 15.2 Å². The average molecular weight is 332 g/mol. The van der Waals surface area contributed by atoms with Gasteiger partial charge in [-0.2, -0.15) is 0 Å². The third kappa shape index (κ3) is 3.73. The number of amides is 2. The Morgan fingerprint density at radius 1 is 1.30 bits per heavy atom. The highest BCUT2D eigenvalue weighted by Gasteiger charge is 2.22. The summed E-state index contributed by atoms with van der Waals surface area (Å²) in [7, 11) is 0. The summed E-state index contributed by atoms with van der Waals surface area (Å²) < 4.78 is 5.54. The zero-order valence-corrected chi connectivity index (χ0v) is 13.9. The molecular formula is C16H20N4O2S. The van der Waals surface area contributed by atoms with Crippen molar-refractivity contribution in [2.24, 2.45) is 0 Å². The maximum absolute atomic E-state index is 12.4. The second-order valence-corrected chi connectivity index (χ2v) is 6.02. The maximum Gasteiger partial charge on any atom is 0.322 e. The predicted octanol–water partition coefficient (Wildman–Crippen LogP) is 2.90. The van der Waals surface area contributed by atoms with E-state index in [1.807, 2.05) is 47.7 Å². The lowest BCUT2D eigenvalue weighted by Crippen LogP contribution is -2.50. The van der Waals surface area contributed by atoms with Gasteiger partial charge in [0.15, 0.2) is 5.13 Å². The van der Waals surface area contributed by atoms with Crippen LogP contribution in [0.1, 0.15) is 6.92 Å². The van der Waals surface area contributed by atoms with Gasteiger partial charge in [0.25, 0.3) is 0 Å². The Morgan fingerprint density at radius 3 is 2.78 bits per heavy atom. The topological polar surface area (TPSA) is 57.7 Å². The molecule has 2 aromatic rings. The van der Waals surface area contributed by atoms with Crippen LogP contribution in [0, 0.1) is 0 Å². The Labute approximate surface area is 139 Å². The van der Waals surface area contributed by atoms with E-state index in [0.29, 0.717) is 31.1 Å². The third-order valence-electron chi connectivity index (χ3n) is 3.69. The van der Waals surface area contributed by atoms with E-state index in [-0.39, 0.29) is 6.03 Å². The number of anilines is 2. The van der Waals surface area contributed by atoms with Crippen molar-refractivity contribution in [1.29, 1.82) is 0 Å². The number of rotatable bonds is 4. The van der Waals surface area contributed by atoms with Crippen molar-refractivity contribution < 1.29 is 9.53 Å². The molecule has 2 amide bonds. The highest BCUT2D eigenvalue weighted by atomic mass is 32.1. The van der Waals surface area contributed by atoms with Gasteiger partial charge in [-0.3, -0.25) is 0 Å². The van der Waals surface area contributed by atoms with Crippen LogP contribution in [-0.4, -0.2) is 48.7 Å². The fourth-order valence-corrected chi connectivity index (χ4v) is 3.22. The van der Waals surface area contributed by atoms with E-state index in [9.17, 15) is 4.79 Å². The number of piperazine rings is 1. The van der Waals surface area contributed by atoms with Crippen LogP contribution in [0.25, 0.3) is 0 Å². The number of urea groups is 1. The number of nitrogens with zero attached hydrogens (tertiary/aromatic N) is 3. The van der Waals surface area contributed by atoms with E-state index in [1.54, 1.807) is 11.3 Å². The lowest BCUT2D eigenvalue weighted by atomic mass is 10.3. The summed E-state index contributed by atoms with van der Waals surface area (Å²) in [4.78, 5) is 20.8. The van der Waals surface area contributed by atoms with Crippen molar-refractivity contribution >= 4 is 28.2 Å². The molecule has 3 rings (SSSR count). The number of nitrogens with one attached hydrogen (secondary N) is 1. The first-order chi connectivity index (χ1) is 11.3. The van der Waals surface area contributed by atoms with Gasteiger partial charge in [-0.05, 0) is 19.1 Å². The molecule has 0 spiro atoms. The first-order valence-electron chi connectivity index (χ1n) is 7.70. The summed E-state index contributed by atoms with van der Waals surface area (Å²) in [6.07, 6.45) is 1.81. The van der Waals surface area contributed by atoms with Crippen LogP contribution in [0.15, 0.2) is 35.8 Å². The average Bonchev–Trinajstić information content (AvgIpc) is 3.11. The Bertz CT molecular complexity index is 639. The molecule has 0 bridgehead atoms. The van der Waals surface area contributed by atoms with Crippen molar-refractivity contribution in [2.45, 2.75) is 6.92 Å².